The van der Waals surface area contributed by atoms with Crippen LogP contribution in [-0.2, 0) is 20.3 Å². The van der Waals surface area contributed by atoms with Crippen molar-refractivity contribution < 1.29 is 19.1 Å². The monoisotopic (exact) mass is 502 g/mol. The summed E-state index contributed by atoms with van der Waals surface area (Å²) in [6, 6.07) is 34.8. The summed E-state index contributed by atoms with van der Waals surface area (Å²) in [5.41, 5.74) is 4.16. The molecule has 4 aromatic rings. The second-order valence-corrected chi connectivity index (χ2v) is 10.1. The second-order valence-electron chi connectivity index (χ2n) is 10.1. The number of rotatable bonds is 6. The molecule has 2 atom stereocenters. The number of ether oxygens (including phenoxy) is 2. The summed E-state index contributed by atoms with van der Waals surface area (Å²) in [6.07, 6.45) is -0.0740. The molecule has 0 amide bonds. The fourth-order valence-electron chi connectivity index (χ4n) is 6.95. The first-order chi connectivity index (χ1) is 18.6. The maximum atomic E-state index is 13.6. The van der Waals surface area contributed by atoms with Crippen molar-refractivity contribution in [2.75, 3.05) is 0 Å². The highest BCUT2D eigenvalue weighted by Crippen LogP contribution is 2.63. The van der Waals surface area contributed by atoms with Gasteiger partial charge in [-0.25, -0.2) is 9.59 Å². The summed E-state index contributed by atoms with van der Waals surface area (Å²) in [6.45, 7) is 4.24. The highest BCUT2D eigenvalue weighted by atomic mass is 16.6. The first kappa shape index (κ1) is 24.2. The molecule has 2 unspecified atom stereocenters. The third-order valence-electron chi connectivity index (χ3n) is 8.63. The number of benzene rings is 4. The summed E-state index contributed by atoms with van der Waals surface area (Å²) < 4.78 is 13.0. The van der Waals surface area contributed by atoms with Crippen molar-refractivity contribution in [3.05, 3.63) is 143 Å². The van der Waals surface area contributed by atoms with Crippen LogP contribution in [0.2, 0.25) is 0 Å². The number of carbonyl (C=O) groups excluding carboxylic acids is 2. The highest BCUT2D eigenvalue weighted by molar-refractivity contribution is 5.91. The average molecular weight is 503 g/mol. The molecule has 0 aromatic heterocycles. The number of hydrogen-bond acceptors (Lipinski definition) is 4. The van der Waals surface area contributed by atoms with Crippen molar-refractivity contribution >= 4 is 11.9 Å². The van der Waals surface area contributed by atoms with E-state index in [1.54, 1.807) is 24.3 Å². The van der Waals surface area contributed by atoms with Crippen molar-refractivity contribution in [3.63, 3.8) is 0 Å². The van der Waals surface area contributed by atoms with E-state index in [0.29, 0.717) is 24.0 Å². The quantitative estimate of drug-likeness (QED) is 0.270. The van der Waals surface area contributed by atoms with Gasteiger partial charge in [0, 0.05) is 0 Å². The molecule has 3 aliphatic rings. The van der Waals surface area contributed by atoms with Gasteiger partial charge in [0.1, 0.15) is 0 Å². The topological polar surface area (TPSA) is 52.6 Å². The van der Waals surface area contributed by atoms with Crippen molar-refractivity contribution in [2.45, 2.75) is 49.7 Å². The van der Waals surface area contributed by atoms with Crippen LogP contribution in [0.3, 0.4) is 0 Å². The fraction of sp³-hybridized carbons (Fsp3) is 0.235. The normalized spacial score (nSPS) is 24.7. The maximum Gasteiger partial charge on any atom is 0.338 e. The van der Waals surface area contributed by atoms with Crippen LogP contribution >= 0.6 is 0 Å². The number of esters is 2. The van der Waals surface area contributed by atoms with Gasteiger partial charge in [-0.05, 0) is 59.4 Å². The zero-order valence-electron chi connectivity index (χ0n) is 21.6. The molecule has 0 saturated heterocycles. The predicted octanol–water partition coefficient (Wildman–Crippen LogP) is 6.86. The molecule has 190 valence electrons. The predicted molar refractivity (Wildman–Crippen MR) is 146 cm³/mol. The molecule has 0 saturated carbocycles. The van der Waals surface area contributed by atoms with Crippen molar-refractivity contribution in [2.24, 2.45) is 0 Å². The van der Waals surface area contributed by atoms with E-state index >= 15 is 0 Å². The van der Waals surface area contributed by atoms with Crippen LogP contribution in [0.4, 0.5) is 0 Å². The molecule has 0 fully saturated rings. The smallest absolute Gasteiger partial charge is 0.338 e. The molecule has 3 aliphatic carbocycles. The van der Waals surface area contributed by atoms with Crippen LogP contribution in [0.25, 0.3) is 0 Å². The third-order valence-corrected chi connectivity index (χ3v) is 8.63. The van der Waals surface area contributed by atoms with E-state index in [9.17, 15) is 9.59 Å². The molecule has 7 rings (SSSR count). The van der Waals surface area contributed by atoms with E-state index in [2.05, 4.69) is 38.1 Å². The van der Waals surface area contributed by atoms with Crippen molar-refractivity contribution in [1.29, 1.82) is 0 Å². The van der Waals surface area contributed by atoms with Crippen LogP contribution in [0.15, 0.2) is 109 Å². The molecule has 4 nitrogen and oxygen atoms in total. The average Bonchev–Trinajstić information content (AvgIpc) is 2.99. The SMILES string of the molecule is CC[C@]12c3ccccc3[C@](CC)(c3ccccc31)C(OC(=O)c1ccccc1)C2OC(=O)c1ccccc1. The molecule has 0 spiro atoms. The molecule has 4 heteroatoms. The Balaban J connectivity index is 1.60. The van der Waals surface area contributed by atoms with Crippen molar-refractivity contribution in [3.8, 4) is 0 Å². The molecule has 0 aliphatic heterocycles. The Hall–Kier alpha value is -4.18. The maximum absolute atomic E-state index is 13.6. The summed E-state index contributed by atoms with van der Waals surface area (Å²) in [5, 5.41) is 0. The Morgan fingerprint density at radius 2 is 0.816 bits per heavy atom. The van der Waals surface area contributed by atoms with E-state index in [4.69, 9.17) is 9.47 Å². The molecule has 0 heterocycles. The van der Waals surface area contributed by atoms with Gasteiger partial charge in [0.25, 0.3) is 0 Å². The van der Waals surface area contributed by atoms with E-state index in [-0.39, 0.29) is 0 Å². The lowest BCUT2D eigenvalue weighted by molar-refractivity contribution is -0.0988. The van der Waals surface area contributed by atoms with Crippen LogP contribution in [0.1, 0.15) is 69.7 Å². The van der Waals surface area contributed by atoms with Gasteiger partial charge in [-0.15, -0.1) is 0 Å². The summed E-state index contributed by atoms with van der Waals surface area (Å²) in [7, 11) is 0. The van der Waals surface area contributed by atoms with E-state index < -0.39 is 35.0 Å². The zero-order chi connectivity index (χ0) is 26.3. The first-order valence-corrected chi connectivity index (χ1v) is 13.3. The lowest BCUT2D eigenvalue weighted by Crippen LogP contribution is -2.67. The Kier molecular flexibility index (Phi) is 5.91. The van der Waals surface area contributed by atoms with Gasteiger partial charge in [0.15, 0.2) is 12.2 Å². The highest BCUT2D eigenvalue weighted by Gasteiger charge is 2.67. The molecule has 4 aromatic carbocycles. The Morgan fingerprint density at radius 3 is 1.11 bits per heavy atom. The van der Waals surface area contributed by atoms with Gasteiger partial charge in [-0.3, -0.25) is 0 Å². The standard InChI is InChI=1S/C34H30O4/c1-3-33-25-19-11-13-21-27(25)34(4-2,28-22-14-12-20-26(28)33)30(38-32(36)24-17-9-6-10-18-24)29(33)37-31(35)23-15-7-5-8-16-23/h5-22,29-30H,3-4H2,1-2H3/t29?,30?,33-,34+. The van der Waals surface area contributed by atoms with Gasteiger partial charge >= 0.3 is 11.9 Å². The molecule has 0 radical (unpaired) electrons. The van der Waals surface area contributed by atoms with Gasteiger partial charge in [0.05, 0.1) is 22.0 Å². The molecular weight excluding hydrogens is 472 g/mol. The lowest BCUT2D eigenvalue weighted by Gasteiger charge is -2.61. The van der Waals surface area contributed by atoms with Crippen molar-refractivity contribution in [1.82, 2.24) is 0 Å². The fourth-order valence-corrected chi connectivity index (χ4v) is 6.95. The largest absolute Gasteiger partial charge is 0.453 e. The van der Waals surface area contributed by atoms with Crippen LogP contribution in [-0.4, -0.2) is 24.1 Å². The first-order valence-electron chi connectivity index (χ1n) is 13.3. The minimum atomic E-state index is -0.711. The van der Waals surface area contributed by atoms with Crippen LogP contribution in [0, 0.1) is 0 Å². The van der Waals surface area contributed by atoms with E-state index in [0.717, 1.165) is 22.3 Å². The number of hydrogen-bond donors (Lipinski definition) is 0. The second kappa shape index (κ2) is 9.29. The zero-order valence-corrected chi connectivity index (χ0v) is 21.6. The van der Waals surface area contributed by atoms with Gasteiger partial charge in [0.2, 0.25) is 0 Å². The Morgan fingerprint density at radius 1 is 0.526 bits per heavy atom. The lowest BCUT2D eigenvalue weighted by atomic mass is 9.45. The van der Waals surface area contributed by atoms with Gasteiger partial charge < -0.3 is 9.47 Å². The molecule has 38 heavy (non-hydrogen) atoms. The minimum Gasteiger partial charge on any atom is -0.453 e. The van der Waals surface area contributed by atoms with E-state index in [1.807, 2.05) is 60.7 Å². The Labute approximate surface area is 223 Å². The van der Waals surface area contributed by atoms with Gasteiger partial charge in [-0.2, -0.15) is 0 Å². The van der Waals surface area contributed by atoms with E-state index in [1.165, 1.54) is 0 Å². The summed E-state index contributed by atoms with van der Waals surface area (Å²) >= 11 is 0. The third kappa shape index (κ3) is 3.29. The Bertz CT molecular complexity index is 1330. The minimum absolute atomic E-state index is 0.419. The number of carbonyl (C=O) groups is 2. The molecular formula is C34H30O4. The summed E-state index contributed by atoms with van der Waals surface area (Å²) in [4.78, 5) is 27.2. The molecule has 0 N–H and O–H groups in total. The van der Waals surface area contributed by atoms with Crippen LogP contribution < -0.4 is 0 Å². The molecule has 2 bridgehead atoms. The van der Waals surface area contributed by atoms with Gasteiger partial charge in [-0.1, -0.05) is 98.8 Å². The van der Waals surface area contributed by atoms with Crippen LogP contribution in [0.5, 0.6) is 0 Å². The summed E-state index contributed by atoms with van der Waals surface area (Å²) in [5.74, 6) is -0.837. The number of fused-ring (bicyclic) bond motifs is 1.